The minimum Gasteiger partial charge on any atom is -0.393 e. The van der Waals surface area contributed by atoms with Crippen LogP contribution in [0.25, 0.3) is 0 Å². The van der Waals surface area contributed by atoms with Gasteiger partial charge in [-0.25, -0.2) is 4.39 Å². The molecule has 0 aromatic heterocycles. The van der Waals surface area contributed by atoms with E-state index in [4.69, 9.17) is 5.11 Å². The van der Waals surface area contributed by atoms with Crippen LogP contribution in [0.4, 0.5) is 4.39 Å². The predicted molar refractivity (Wildman–Crippen MR) is 51.2 cm³/mol. The van der Waals surface area contributed by atoms with Crippen LogP contribution in [0.2, 0.25) is 0 Å². The molecular formula is C9H10BrFO2. The lowest BCUT2D eigenvalue weighted by Crippen LogP contribution is -2.33. The van der Waals surface area contributed by atoms with Crippen LogP contribution in [0.15, 0.2) is 24.3 Å². The molecule has 0 bridgehead atoms. The fraction of sp³-hybridized carbons (Fsp3) is 0.333. The molecule has 2 N–H and O–H groups in total. The quantitative estimate of drug-likeness (QED) is 0.795. The summed E-state index contributed by atoms with van der Waals surface area (Å²) in [7, 11) is 0. The highest BCUT2D eigenvalue weighted by molar-refractivity contribution is 9.09. The van der Waals surface area contributed by atoms with Crippen molar-refractivity contribution < 1.29 is 14.6 Å². The first-order chi connectivity index (χ1) is 6.14. The molecule has 72 valence electrons. The Morgan fingerprint density at radius 1 is 1.38 bits per heavy atom. The molecule has 0 unspecified atom stereocenters. The number of aliphatic hydroxyl groups is 2. The fourth-order valence-corrected chi connectivity index (χ4v) is 1.52. The van der Waals surface area contributed by atoms with Gasteiger partial charge in [0.1, 0.15) is 11.4 Å². The van der Waals surface area contributed by atoms with Crippen LogP contribution < -0.4 is 0 Å². The topological polar surface area (TPSA) is 40.5 Å². The van der Waals surface area contributed by atoms with E-state index in [-0.39, 0.29) is 10.9 Å². The van der Waals surface area contributed by atoms with Crippen molar-refractivity contribution in [3.05, 3.63) is 35.6 Å². The SMILES string of the molecule is OC[C@](O)(CBr)c1ccccc1F. The van der Waals surface area contributed by atoms with Gasteiger partial charge in [0, 0.05) is 10.9 Å². The zero-order valence-corrected chi connectivity index (χ0v) is 8.46. The van der Waals surface area contributed by atoms with Gasteiger partial charge in [0.2, 0.25) is 0 Å². The van der Waals surface area contributed by atoms with Gasteiger partial charge in [-0.3, -0.25) is 0 Å². The van der Waals surface area contributed by atoms with Crippen LogP contribution >= 0.6 is 15.9 Å². The third-order valence-electron chi connectivity index (χ3n) is 1.86. The summed E-state index contributed by atoms with van der Waals surface area (Å²) in [4.78, 5) is 0. The molecule has 13 heavy (non-hydrogen) atoms. The summed E-state index contributed by atoms with van der Waals surface area (Å²) >= 11 is 3.03. The van der Waals surface area contributed by atoms with Gasteiger partial charge in [0.05, 0.1) is 6.61 Å². The molecule has 1 atom stereocenters. The van der Waals surface area contributed by atoms with Crippen LogP contribution in [-0.2, 0) is 5.60 Å². The van der Waals surface area contributed by atoms with Gasteiger partial charge in [0.15, 0.2) is 0 Å². The Labute approximate surface area is 84.1 Å². The zero-order valence-electron chi connectivity index (χ0n) is 6.87. The Balaban J connectivity index is 3.12. The average Bonchev–Trinajstić information content (AvgIpc) is 2.17. The Kier molecular flexibility index (Phi) is 3.41. The van der Waals surface area contributed by atoms with E-state index in [9.17, 15) is 9.50 Å². The Bertz CT molecular complexity index is 287. The van der Waals surface area contributed by atoms with Crippen molar-refractivity contribution in [3.63, 3.8) is 0 Å². The maximum absolute atomic E-state index is 13.2. The second kappa shape index (κ2) is 4.17. The molecule has 1 aromatic carbocycles. The Hall–Kier alpha value is -0.450. The molecule has 0 saturated carbocycles. The van der Waals surface area contributed by atoms with Gasteiger partial charge in [-0.1, -0.05) is 34.1 Å². The number of hydrogen-bond donors (Lipinski definition) is 2. The third-order valence-corrected chi connectivity index (χ3v) is 2.79. The smallest absolute Gasteiger partial charge is 0.129 e. The van der Waals surface area contributed by atoms with Crippen molar-refractivity contribution in [1.29, 1.82) is 0 Å². The van der Waals surface area contributed by atoms with Gasteiger partial charge < -0.3 is 10.2 Å². The van der Waals surface area contributed by atoms with E-state index in [0.717, 1.165) is 0 Å². The van der Waals surface area contributed by atoms with Crippen molar-refractivity contribution in [3.8, 4) is 0 Å². The summed E-state index contributed by atoms with van der Waals surface area (Å²) in [5, 5.41) is 18.8. The standard InChI is InChI=1S/C9H10BrFO2/c10-5-9(13,6-12)7-3-1-2-4-8(7)11/h1-4,12-13H,5-6H2/t9-/m1/s1. The van der Waals surface area contributed by atoms with E-state index >= 15 is 0 Å². The molecule has 4 heteroatoms. The maximum atomic E-state index is 13.2. The fourth-order valence-electron chi connectivity index (χ4n) is 1.04. The van der Waals surface area contributed by atoms with E-state index in [0.29, 0.717) is 0 Å². The summed E-state index contributed by atoms with van der Waals surface area (Å²) in [6.45, 7) is -0.515. The minimum absolute atomic E-state index is 0.0947. The molecule has 1 rings (SSSR count). The number of benzene rings is 1. The molecule has 0 aliphatic heterocycles. The van der Waals surface area contributed by atoms with Crippen LogP contribution in [0, 0.1) is 5.82 Å². The van der Waals surface area contributed by atoms with Gasteiger partial charge >= 0.3 is 0 Å². The monoisotopic (exact) mass is 248 g/mol. The summed E-state index contributed by atoms with van der Waals surface area (Å²) < 4.78 is 13.2. The number of alkyl halides is 1. The number of hydrogen-bond acceptors (Lipinski definition) is 2. The highest BCUT2D eigenvalue weighted by Crippen LogP contribution is 2.25. The third kappa shape index (κ3) is 2.07. The van der Waals surface area contributed by atoms with Crippen molar-refractivity contribution in [2.45, 2.75) is 5.60 Å². The minimum atomic E-state index is -1.54. The second-order valence-corrected chi connectivity index (χ2v) is 3.36. The summed E-state index contributed by atoms with van der Waals surface area (Å²) in [6.07, 6.45) is 0. The van der Waals surface area contributed by atoms with E-state index in [1.165, 1.54) is 18.2 Å². The number of aliphatic hydroxyl groups excluding tert-OH is 1. The van der Waals surface area contributed by atoms with Gasteiger partial charge in [0.25, 0.3) is 0 Å². The van der Waals surface area contributed by atoms with Crippen LogP contribution in [-0.4, -0.2) is 22.2 Å². The van der Waals surface area contributed by atoms with Gasteiger partial charge in [-0.2, -0.15) is 0 Å². The van der Waals surface area contributed by atoms with E-state index in [1.807, 2.05) is 0 Å². The van der Waals surface area contributed by atoms with Crippen molar-refractivity contribution >= 4 is 15.9 Å². The number of halogens is 2. The molecule has 0 heterocycles. The Morgan fingerprint density at radius 2 is 2.00 bits per heavy atom. The van der Waals surface area contributed by atoms with Gasteiger partial charge in [-0.05, 0) is 6.07 Å². The molecular weight excluding hydrogens is 239 g/mol. The van der Waals surface area contributed by atoms with E-state index < -0.39 is 18.0 Å². The summed E-state index contributed by atoms with van der Waals surface area (Å²) in [5.74, 6) is -0.515. The Morgan fingerprint density at radius 3 is 2.46 bits per heavy atom. The van der Waals surface area contributed by atoms with Crippen LogP contribution in [0.5, 0.6) is 0 Å². The molecule has 1 aromatic rings. The largest absolute Gasteiger partial charge is 0.393 e. The lowest BCUT2D eigenvalue weighted by atomic mass is 9.97. The molecule has 0 fully saturated rings. The first-order valence-electron chi connectivity index (χ1n) is 3.78. The molecule has 0 radical (unpaired) electrons. The lowest BCUT2D eigenvalue weighted by molar-refractivity contribution is 0.000400. The van der Waals surface area contributed by atoms with Crippen molar-refractivity contribution in [1.82, 2.24) is 0 Å². The maximum Gasteiger partial charge on any atom is 0.129 e. The predicted octanol–water partition coefficient (Wildman–Crippen LogP) is 1.40. The van der Waals surface area contributed by atoms with Crippen molar-refractivity contribution in [2.24, 2.45) is 0 Å². The summed E-state index contributed by atoms with van der Waals surface area (Å²) in [5.41, 5.74) is -1.43. The molecule has 0 aliphatic carbocycles. The average molecular weight is 249 g/mol. The first-order valence-corrected chi connectivity index (χ1v) is 4.90. The highest BCUT2D eigenvalue weighted by atomic mass is 79.9. The second-order valence-electron chi connectivity index (χ2n) is 2.80. The molecule has 0 spiro atoms. The molecule has 0 aliphatic rings. The lowest BCUT2D eigenvalue weighted by Gasteiger charge is -2.23. The van der Waals surface area contributed by atoms with Crippen LogP contribution in [0.3, 0.4) is 0 Å². The van der Waals surface area contributed by atoms with Crippen molar-refractivity contribution in [2.75, 3.05) is 11.9 Å². The first kappa shape index (κ1) is 10.6. The summed E-state index contributed by atoms with van der Waals surface area (Å²) in [6, 6.07) is 5.85. The molecule has 0 saturated heterocycles. The zero-order chi connectivity index (χ0) is 9.90. The van der Waals surface area contributed by atoms with E-state index in [2.05, 4.69) is 15.9 Å². The van der Waals surface area contributed by atoms with E-state index in [1.54, 1.807) is 6.07 Å². The normalized spacial score (nSPS) is 15.4. The van der Waals surface area contributed by atoms with Gasteiger partial charge in [-0.15, -0.1) is 0 Å². The highest BCUT2D eigenvalue weighted by Gasteiger charge is 2.29. The number of rotatable bonds is 3. The van der Waals surface area contributed by atoms with Crippen LogP contribution in [0.1, 0.15) is 5.56 Å². The molecule has 0 amide bonds. The molecule has 2 nitrogen and oxygen atoms in total.